The van der Waals surface area contributed by atoms with Gasteiger partial charge in [-0.25, -0.2) is 0 Å². The zero-order chi connectivity index (χ0) is 17.3. The van der Waals surface area contributed by atoms with E-state index in [0.717, 1.165) is 64.0 Å². The number of hydrogen-bond acceptors (Lipinski definition) is 4. The van der Waals surface area contributed by atoms with Gasteiger partial charge >= 0.3 is 0 Å². The average Bonchev–Trinajstić information content (AvgIpc) is 2.94. The molecule has 1 amide bonds. The molecule has 25 heavy (non-hydrogen) atoms. The maximum atomic E-state index is 12.6. The van der Waals surface area contributed by atoms with Crippen LogP contribution in [-0.2, 0) is 14.9 Å². The first-order valence-corrected chi connectivity index (χ1v) is 9.51. The molecule has 1 aromatic rings. The van der Waals surface area contributed by atoms with Gasteiger partial charge in [-0.15, -0.1) is 0 Å². The topological polar surface area (TPSA) is 70.6 Å². The highest BCUT2D eigenvalue weighted by molar-refractivity contribution is 6.06. The predicted octanol–water partition coefficient (Wildman–Crippen LogP) is 2.20. The Bertz CT molecular complexity index is 632. The van der Waals surface area contributed by atoms with Crippen LogP contribution in [0.1, 0.15) is 44.1 Å². The molecule has 1 saturated carbocycles. The fraction of sp³-hybridized carbons (Fsp3) is 0.650. The molecule has 1 saturated heterocycles. The van der Waals surface area contributed by atoms with Crippen LogP contribution in [0.5, 0.6) is 0 Å². The highest BCUT2D eigenvalue weighted by Gasteiger charge is 2.48. The molecule has 4 rings (SSSR count). The molecule has 3 aliphatic rings. The minimum Gasteiger partial charge on any atom is -0.396 e. The molecule has 2 heterocycles. The van der Waals surface area contributed by atoms with Gasteiger partial charge in [0.25, 0.3) is 0 Å². The SMILES string of the molecule is O=C1Nc2ccccc2C12CCC(NCC1(CO)CCOCC1)CC2. The van der Waals surface area contributed by atoms with Crippen LogP contribution in [-0.4, -0.2) is 43.4 Å². The van der Waals surface area contributed by atoms with Crippen LogP contribution in [0.4, 0.5) is 5.69 Å². The Labute approximate surface area is 149 Å². The molecule has 5 heteroatoms. The van der Waals surface area contributed by atoms with Crippen LogP contribution in [0, 0.1) is 5.41 Å². The second-order valence-corrected chi connectivity index (χ2v) is 8.01. The molecule has 1 aliphatic carbocycles. The van der Waals surface area contributed by atoms with Crippen LogP contribution >= 0.6 is 0 Å². The Kier molecular flexibility index (Phi) is 4.56. The summed E-state index contributed by atoms with van der Waals surface area (Å²) in [6, 6.07) is 8.54. The maximum absolute atomic E-state index is 12.6. The summed E-state index contributed by atoms with van der Waals surface area (Å²) in [5, 5.41) is 16.6. The first-order chi connectivity index (χ1) is 12.2. The Balaban J connectivity index is 1.38. The van der Waals surface area contributed by atoms with Gasteiger partial charge in [-0.2, -0.15) is 0 Å². The van der Waals surface area contributed by atoms with Gasteiger partial charge in [-0.05, 0) is 50.2 Å². The number of amides is 1. The third-order valence-corrected chi connectivity index (χ3v) is 6.62. The number of hydrogen-bond donors (Lipinski definition) is 3. The molecule has 136 valence electrons. The lowest BCUT2D eigenvalue weighted by atomic mass is 9.68. The van der Waals surface area contributed by atoms with E-state index in [4.69, 9.17) is 4.74 Å². The van der Waals surface area contributed by atoms with Gasteiger partial charge in [0.1, 0.15) is 0 Å². The van der Waals surface area contributed by atoms with E-state index in [1.54, 1.807) is 0 Å². The molecule has 0 atom stereocenters. The van der Waals surface area contributed by atoms with Crippen molar-refractivity contribution in [1.82, 2.24) is 5.32 Å². The van der Waals surface area contributed by atoms with Crippen molar-refractivity contribution >= 4 is 11.6 Å². The van der Waals surface area contributed by atoms with E-state index in [9.17, 15) is 9.90 Å². The van der Waals surface area contributed by atoms with E-state index in [1.807, 2.05) is 18.2 Å². The van der Waals surface area contributed by atoms with Crippen molar-refractivity contribution in [3.8, 4) is 0 Å². The van der Waals surface area contributed by atoms with E-state index in [-0.39, 0.29) is 23.3 Å². The summed E-state index contributed by atoms with van der Waals surface area (Å²) in [5.41, 5.74) is 1.79. The van der Waals surface area contributed by atoms with Crippen molar-refractivity contribution in [3.05, 3.63) is 29.8 Å². The quantitative estimate of drug-likeness (QED) is 0.783. The largest absolute Gasteiger partial charge is 0.396 e. The smallest absolute Gasteiger partial charge is 0.235 e. The van der Waals surface area contributed by atoms with E-state index >= 15 is 0 Å². The molecule has 3 N–H and O–H groups in total. The first-order valence-electron chi connectivity index (χ1n) is 9.51. The second kappa shape index (κ2) is 6.71. The summed E-state index contributed by atoms with van der Waals surface area (Å²) in [6.45, 7) is 2.54. The molecule has 1 aromatic carbocycles. The number of aliphatic hydroxyl groups is 1. The highest BCUT2D eigenvalue weighted by Crippen LogP contribution is 2.47. The van der Waals surface area contributed by atoms with Crippen LogP contribution in [0.2, 0.25) is 0 Å². The summed E-state index contributed by atoms with van der Waals surface area (Å²) in [6.07, 6.45) is 5.62. The molecule has 1 spiro atoms. The van der Waals surface area contributed by atoms with Crippen molar-refractivity contribution in [2.24, 2.45) is 5.41 Å². The number of fused-ring (bicyclic) bond motifs is 2. The number of ether oxygens (including phenoxy) is 1. The van der Waals surface area contributed by atoms with Crippen LogP contribution in [0.15, 0.2) is 24.3 Å². The van der Waals surface area contributed by atoms with E-state index in [2.05, 4.69) is 16.7 Å². The maximum Gasteiger partial charge on any atom is 0.235 e. The predicted molar refractivity (Wildman–Crippen MR) is 96.6 cm³/mol. The zero-order valence-electron chi connectivity index (χ0n) is 14.7. The van der Waals surface area contributed by atoms with Crippen molar-refractivity contribution in [2.75, 3.05) is 31.7 Å². The highest BCUT2D eigenvalue weighted by atomic mass is 16.5. The Morgan fingerprint density at radius 1 is 1.16 bits per heavy atom. The lowest BCUT2D eigenvalue weighted by molar-refractivity contribution is -0.122. The first kappa shape index (κ1) is 17.0. The number of nitrogens with one attached hydrogen (secondary N) is 2. The van der Waals surface area contributed by atoms with Crippen molar-refractivity contribution < 1.29 is 14.6 Å². The van der Waals surface area contributed by atoms with E-state index in [0.29, 0.717) is 6.04 Å². The number of para-hydroxylation sites is 1. The van der Waals surface area contributed by atoms with Crippen LogP contribution < -0.4 is 10.6 Å². The minimum atomic E-state index is -0.331. The number of benzene rings is 1. The Hall–Kier alpha value is -1.43. The molecule has 0 aromatic heterocycles. The van der Waals surface area contributed by atoms with Crippen molar-refractivity contribution in [1.29, 1.82) is 0 Å². The summed E-state index contributed by atoms with van der Waals surface area (Å²) in [4.78, 5) is 12.6. The number of carbonyl (C=O) groups excluding carboxylic acids is 1. The van der Waals surface area contributed by atoms with Crippen LogP contribution in [0.25, 0.3) is 0 Å². The zero-order valence-corrected chi connectivity index (χ0v) is 14.7. The molecule has 5 nitrogen and oxygen atoms in total. The van der Waals surface area contributed by atoms with Gasteiger partial charge in [0.15, 0.2) is 0 Å². The third kappa shape index (κ3) is 2.98. The molecular formula is C20H28N2O3. The Morgan fingerprint density at radius 2 is 1.88 bits per heavy atom. The van der Waals surface area contributed by atoms with Gasteiger partial charge in [0, 0.05) is 36.9 Å². The fourth-order valence-electron chi connectivity index (χ4n) is 4.74. The van der Waals surface area contributed by atoms with Gasteiger partial charge < -0.3 is 20.5 Å². The van der Waals surface area contributed by atoms with E-state index < -0.39 is 0 Å². The van der Waals surface area contributed by atoms with Crippen molar-refractivity contribution in [3.63, 3.8) is 0 Å². The second-order valence-electron chi connectivity index (χ2n) is 8.01. The summed E-state index contributed by atoms with van der Waals surface area (Å²) in [5.74, 6) is 0.170. The third-order valence-electron chi connectivity index (χ3n) is 6.62. The van der Waals surface area contributed by atoms with Crippen LogP contribution in [0.3, 0.4) is 0 Å². The molecule has 0 unspecified atom stereocenters. The number of aliphatic hydroxyl groups excluding tert-OH is 1. The van der Waals surface area contributed by atoms with Gasteiger partial charge in [0.05, 0.1) is 12.0 Å². The van der Waals surface area contributed by atoms with Crippen molar-refractivity contribution in [2.45, 2.75) is 50.0 Å². The summed E-state index contributed by atoms with van der Waals surface area (Å²) in [7, 11) is 0. The fourth-order valence-corrected chi connectivity index (χ4v) is 4.74. The Morgan fingerprint density at radius 3 is 2.60 bits per heavy atom. The molecule has 2 fully saturated rings. The van der Waals surface area contributed by atoms with Gasteiger partial charge in [-0.1, -0.05) is 18.2 Å². The lowest BCUT2D eigenvalue weighted by Crippen LogP contribution is -2.48. The number of carbonyl (C=O) groups is 1. The summed E-state index contributed by atoms with van der Waals surface area (Å²) < 4.78 is 5.44. The molecule has 0 bridgehead atoms. The van der Waals surface area contributed by atoms with Gasteiger partial charge in [-0.3, -0.25) is 4.79 Å². The molecular weight excluding hydrogens is 316 g/mol. The number of rotatable bonds is 4. The average molecular weight is 344 g/mol. The monoisotopic (exact) mass is 344 g/mol. The molecule has 2 aliphatic heterocycles. The standard InChI is InChI=1S/C20H28N2O3/c23-14-19(9-11-25-12-10-19)13-21-15-5-7-20(8-6-15)16-3-1-2-4-17(16)22-18(20)24/h1-4,15,21,23H,5-14H2,(H,22,24). The van der Waals surface area contributed by atoms with Gasteiger partial charge in [0.2, 0.25) is 5.91 Å². The normalized spacial score (nSPS) is 30.9. The number of anilines is 1. The minimum absolute atomic E-state index is 0.0370. The summed E-state index contributed by atoms with van der Waals surface area (Å²) >= 11 is 0. The lowest BCUT2D eigenvalue weighted by Gasteiger charge is -2.40. The van der Waals surface area contributed by atoms with E-state index in [1.165, 1.54) is 5.56 Å². The molecule has 0 radical (unpaired) electrons.